The number of benzene rings is 1. The fourth-order valence-electron chi connectivity index (χ4n) is 2.27. The lowest BCUT2D eigenvalue weighted by Gasteiger charge is -2.10. The number of hydrogen-bond acceptors (Lipinski definition) is 4. The lowest BCUT2D eigenvalue weighted by molar-refractivity contribution is -0.385. The van der Waals surface area contributed by atoms with Crippen molar-refractivity contribution in [2.75, 3.05) is 6.61 Å². The maximum atomic E-state index is 11.9. The second kappa shape index (κ2) is 6.14. The molecule has 0 amide bonds. The van der Waals surface area contributed by atoms with E-state index in [0.717, 1.165) is 25.7 Å². The van der Waals surface area contributed by atoms with Crippen LogP contribution in [-0.2, 0) is 4.79 Å². The van der Waals surface area contributed by atoms with Crippen molar-refractivity contribution in [3.05, 3.63) is 32.8 Å². The topological polar surface area (TPSA) is 69.4 Å². The largest absolute Gasteiger partial charge is 0.484 e. The van der Waals surface area contributed by atoms with Gasteiger partial charge in [0.2, 0.25) is 0 Å². The molecule has 1 aliphatic carbocycles. The molecule has 0 unspecified atom stereocenters. The summed E-state index contributed by atoms with van der Waals surface area (Å²) in [7, 11) is 0. The van der Waals surface area contributed by atoms with Gasteiger partial charge in [-0.15, -0.1) is 0 Å². The fourth-order valence-corrected chi connectivity index (χ4v) is 2.79. The molecule has 1 saturated carbocycles. The predicted molar refractivity (Wildman–Crippen MR) is 73.3 cm³/mol. The van der Waals surface area contributed by atoms with Crippen LogP contribution in [-0.4, -0.2) is 17.3 Å². The summed E-state index contributed by atoms with van der Waals surface area (Å²) in [5.74, 6) is 0.508. The van der Waals surface area contributed by atoms with Gasteiger partial charge in [-0.1, -0.05) is 18.9 Å². The van der Waals surface area contributed by atoms with Gasteiger partial charge in [0.25, 0.3) is 5.69 Å². The van der Waals surface area contributed by atoms with Gasteiger partial charge in [-0.05, 0) is 34.8 Å². The molecule has 0 aliphatic heterocycles. The van der Waals surface area contributed by atoms with E-state index in [-0.39, 0.29) is 28.5 Å². The molecular weight excluding hydrogens is 314 g/mol. The molecule has 0 saturated heterocycles. The zero-order valence-electron chi connectivity index (χ0n) is 10.3. The van der Waals surface area contributed by atoms with Crippen molar-refractivity contribution in [2.45, 2.75) is 25.7 Å². The van der Waals surface area contributed by atoms with Crippen LogP contribution in [0.15, 0.2) is 22.7 Å². The number of rotatable bonds is 5. The van der Waals surface area contributed by atoms with Crippen molar-refractivity contribution in [1.29, 1.82) is 0 Å². The summed E-state index contributed by atoms with van der Waals surface area (Å²) < 4.78 is 5.68. The average Bonchev–Trinajstić information content (AvgIpc) is 2.90. The van der Waals surface area contributed by atoms with Crippen LogP contribution in [0.5, 0.6) is 5.75 Å². The van der Waals surface area contributed by atoms with Crippen LogP contribution < -0.4 is 4.74 Å². The van der Waals surface area contributed by atoms with Gasteiger partial charge in [0, 0.05) is 12.0 Å². The third kappa shape index (κ3) is 3.32. The number of hydrogen-bond donors (Lipinski definition) is 0. The Bertz CT molecular complexity index is 497. The highest BCUT2D eigenvalue weighted by molar-refractivity contribution is 9.10. The number of nitro benzene ring substituents is 1. The summed E-state index contributed by atoms with van der Waals surface area (Å²) in [6.07, 6.45) is 4.05. The predicted octanol–water partition coefficient (Wildman–Crippen LogP) is 3.50. The van der Waals surface area contributed by atoms with E-state index in [1.165, 1.54) is 12.1 Å². The second-order valence-electron chi connectivity index (χ2n) is 4.58. The molecule has 0 heterocycles. The van der Waals surface area contributed by atoms with Crippen LogP contribution in [0.3, 0.4) is 0 Å². The lowest BCUT2D eigenvalue weighted by Crippen LogP contribution is -2.19. The first-order valence-corrected chi connectivity index (χ1v) is 6.97. The number of ketones is 1. The highest BCUT2D eigenvalue weighted by Crippen LogP contribution is 2.34. The fraction of sp³-hybridized carbons (Fsp3) is 0.462. The van der Waals surface area contributed by atoms with Crippen LogP contribution >= 0.6 is 15.9 Å². The molecule has 0 bridgehead atoms. The number of nitro groups is 1. The van der Waals surface area contributed by atoms with Crippen molar-refractivity contribution >= 4 is 27.4 Å². The van der Waals surface area contributed by atoms with Gasteiger partial charge in [-0.3, -0.25) is 14.9 Å². The number of ether oxygens (including phenoxy) is 1. The SMILES string of the molecule is O=C(COc1cccc([N+](=O)[O-])c1Br)C1CCCC1. The van der Waals surface area contributed by atoms with E-state index < -0.39 is 4.92 Å². The van der Waals surface area contributed by atoms with Crippen LogP contribution in [0, 0.1) is 16.0 Å². The van der Waals surface area contributed by atoms with Gasteiger partial charge in [-0.25, -0.2) is 0 Å². The van der Waals surface area contributed by atoms with E-state index in [2.05, 4.69) is 15.9 Å². The van der Waals surface area contributed by atoms with Gasteiger partial charge in [-0.2, -0.15) is 0 Å². The van der Waals surface area contributed by atoms with Gasteiger partial charge in [0.1, 0.15) is 16.8 Å². The van der Waals surface area contributed by atoms with Crippen LogP contribution in [0.25, 0.3) is 0 Å². The lowest BCUT2D eigenvalue weighted by atomic mass is 10.0. The Balaban J connectivity index is 2.01. The van der Waals surface area contributed by atoms with Crippen LogP contribution in [0.1, 0.15) is 25.7 Å². The first-order chi connectivity index (χ1) is 9.09. The van der Waals surface area contributed by atoms with Crippen molar-refractivity contribution in [2.24, 2.45) is 5.92 Å². The minimum Gasteiger partial charge on any atom is -0.484 e. The maximum Gasteiger partial charge on any atom is 0.287 e. The Morgan fingerprint density at radius 1 is 1.42 bits per heavy atom. The molecule has 2 rings (SSSR count). The Morgan fingerprint density at radius 3 is 2.74 bits per heavy atom. The smallest absolute Gasteiger partial charge is 0.287 e. The number of nitrogens with zero attached hydrogens (tertiary/aromatic N) is 1. The molecule has 1 fully saturated rings. The quantitative estimate of drug-likeness (QED) is 0.613. The summed E-state index contributed by atoms with van der Waals surface area (Å²) >= 11 is 3.14. The number of halogens is 1. The van der Waals surface area contributed by atoms with E-state index >= 15 is 0 Å². The molecule has 19 heavy (non-hydrogen) atoms. The van der Waals surface area contributed by atoms with Crippen molar-refractivity contribution in [1.82, 2.24) is 0 Å². The monoisotopic (exact) mass is 327 g/mol. The van der Waals surface area contributed by atoms with Gasteiger partial charge in [0.15, 0.2) is 5.78 Å². The third-order valence-electron chi connectivity index (χ3n) is 3.32. The summed E-state index contributed by atoms with van der Waals surface area (Å²) in [6.45, 7) is -0.0234. The van der Waals surface area contributed by atoms with Gasteiger partial charge < -0.3 is 4.74 Å². The van der Waals surface area contributed by atoms with E-state index in [1.807, 2.05) is 0 Å². The minimum absolute atomic E-state index is 0.0234. The van der Waals surface area contributed by atoms with Gasteiger partial charge in [0.05, 0.1) is 4.92 Å². The Kier molecular flexibility index (Phi) is 4.52. The zero-order chi connectivity index (χ0) is 13.8. The first kappa shape index (κ1) is 14.0. The minimum atomic E-state index is -0.490. The standard InChI is InChI=1S/C13H14BrNO4/c14-13-10(15(17)18)6-3-7-12(13)19-8-11(16)9-4-1-2-5-9/h3,6-7,9H,1-2,4-5,8H2. The molecule has 1 aromatic rings. The van der Waals surface area contributed by atoms with Gasteiger partial charge >= 0.3 is 0 Å². The summed E-state index contributed by atoms with van der Waals surface area (Å²) in [6, 6.07) is 4.53. The van der Waals surface area contributed by atoms with E-state index in [0.29, 0.717) is 5.75 Å². The van der Waals surface area contributed by atoms with E-state index in [1.54, 1.807) is 6.07 Å². The normalized spacial score (nSPS) is 15.4. The molecule has 0 aromatic heterocycles. The average molecular weight is 328 g/mol. The highest BCUT2D eigenvalue weighted by atomic mass is 79.9. The Labute approximate surface area is 119 Å². The number of carbonyl (C=O) groups is 1. The maximum absolute atomic E-state index is 11.9. The molecule has 102 valence electrons. The Hall–Kier alpha value is -1.43. The number of Topliss-reactive ketones (excluding diaryl/α,β-unsaturated/α-hetero) is 1. The molecule has 6 heteroatoms. The van der Waals surface area contributed by atoms with E-state index in [4.69, 9.17) is 4.74 Å². The van der Waals surface area contributed by atoms with Crippen molar-refractivity contribution in [3.63, 3.8) is 0 Å². The highest BCUT2D eigenvalue weighted by Gasteiger charge is 2.23. The molecule has 5 nitrogen and oxygen atoms in total. The molecular formula is C13H14BrNO4. The second-order valence-corrected chi connectivity index (χ2v) is 5.38. The van der Waals surface area contributed by atoms with Crippen LogP contribution in [0.2, 0.25) is 0 Å². The molecule has 0 spiro atoms. The Morgan fingerprint density at radius 2 is 2.11 bits per heavy atom. The molecule has 1 aliphatic rings. The summed E-state index contributed by atoms with van der Waals surface area (Å²) in [4.78, 5) is 22.2. The molecule has 0 atom stereocenters. The van der Waals surface area contributed by atoms with Crippen molar-refractivity contribution in [3.8, 4) is 5.75 Å². The van der Waals surface area contributed by atoms with E-state index in [9.17, 15) is 14.9 Å². The van der Waals surface area contributed by atoms with Crippen molar-refractivity contribution < 1.29 is 14.5 Å². The zero-order valence-corrected chi connectivity index (χ0v) is 11.9. The molecule has 0 radical (unpaired) electrons. The summed E-state index contributed by atoms with van der Waals surface area (Å²) in [5.41, 5.74) is -0.0641. The molecule has 0 N–H and O–H groups in total. The third-order valence-corrected chi connectivity index (χ3v) is 4.12. The number of carbonyl (C=O) groups excluding carboxylic acids is 1. The van der Waals surface area contributed by atoms with Crippen LogP contribution in [0.4, 0.5) is 5.69 Å². The summed E-state index contributed by atoms with van der Waals surface area (Å²) in [5, 5.41) is 10.8. The first-order valence-electron chi connectivity index (χ1n) is 6.18. The molecule has 1 aromatic carbocycles.